The van der Waals surface area contributed by atoms with Crippen LogP contribution >= 0.6 is 22.9 Å². The van der Waals surface area contributed by atoms with Gasteiger partial charge < -0.3 is 9.64 Å². The van der Waals surface area contributed by atoms with E-state index in [-0.39, 0.29) is 25.6 Å². The van der Waals surface area contributed by atoms with Crippen molar-refractivity contribution in [2.45, 2.75) is 12.5 Å². The maximum atomic E-state index is 14.7. The van der Waals surface area contributed by atoms with Crippen LogP contribution in [-0.4, -0.2) is 54.2 Å². The second-order valence-corrected chi connectivity index (χ2v) is 9.06. The fourth-order valence-corrected chi connectivity index (χ4v) is 4.75. The molecule has 0 unspecified atom stereocenters. The lowest BCUT2D eigenvalue weighted by atomic mass is 10.0. The highest BCUT2D eigenvalue weighted by Gasteiger charge is 2.36. The first-order chi connectivity index (χ1) is 16.5. The number of methoxy groups -OCH3 is 1. The number of hydrazone groups is 1. The zero-order valence-electron chi connectivity index (χ0n) is 18.5. The highest BCUT2D eigenvalue weighted by atomic mass is 35.5. The molecule has 0 N–H and O–H groups in total. The lowest BCUT2D eigenvalue weighted by Crippen LogP contribution is -2.43. The summed E-state index contributed by atoms with van der Waals surface area (Å²) in [6.07, 6.45) is 0.379. The molecule has 0 radical (unpaired) electrons. The molecule has 9 heteroatoms. The second kappa shape index (κ2) is 10.9. The average molecular weight is 500 g/mol. The Balaban J connectivity index is 1.63. The standard InChI is InChI=1S/C25H23ClFN3O3S/c1-33-13-12-29(25(32)17-7-2-4-9-19(17)26)16-24(31)30-22(18-8-3-5-10-20(18)27)15-21(28-30)23-11-6-14-34-23/h2-11,14,22H,12-13,15-16H2,1H3/t22-/m0/s1. The predicted octanol–water partition coefficient (Wildman–Crippen LogP) is 5.01. The normalized spacial score (nSPS) is 15.3. The van der Waals surface area contributed by atoms with Gasteiger partial charge in [0, 0.05) is 25.6 Å². The van der Waals surface area contributed by atoms with Crippen molar-refractivity contribution in [2.24, 2.45) is 5.10 Å². The largest absolute Gasteiger partial charge is 0.383 e. The Morgan fingerprint density at radius 3 is 2.65 bits per heavy atom. The number of thiophene rings is 1. The van der Waals surface area contributed by atoms with Crippen LogP contribution in [0.1, 0.15) is 33.3 Å². The average Bonchev–Trinajstić information content (AvgIpc) is 3.52. The number of halogens is 2. The number of carbonyl (C=O) groups excluding carboxylic acids is 2. The Hall–Kier alpha value is -3.07. The molecule has 1 atom stereocenters. The molecule has 1 aliphatic rings. The van der Waals surface area contributed by atoms with Gasteiger partial charge in [-0.25, -0.2) is 9.40 Å². The van der Waals surface area contributed by atoms with Crippen molar-refractivity contribution in [2.75, 3.05) is 26.8 Å². The van der Waals surface area contributed by atoms with E-state index in [0.717, 1.165) is 4.88 Å². The Morgan fingerprint density at radius 1 is 1.18 bits per heavy atom. The van der Waals surface area contributed by atoms with Crippen LogP contribution in [0.2, 0.25) is 5.02 Å². The van der Waals surface area contributed by atoms with Crippen LogP contribution in [-0.2, 0) is 9.53 Å². The third-order valence-corrected chi connectivity index (χ3v) is 6.77. The van der Waals surface area contributed by atoms with Gasteiger partial charge in [0.2, 0.25) is 0 Å². The lowest BCUT2D eigenvalue weighted by molar-refractivity contribution is -0.133. The molecule has 1 aliphatic heterocycles. The van der Waals surface area contributed by atoms with Gasteiger partial charge in [-0.3, -0.25) is 9.59 Å². The van der Waals surface area contributed by atoms with Crippen LogP contribution < -0.4 is 0 Å². The summed E-state index contributed by atoms with van der Waals surface area (Å²) in [5.74, 6) is -1.22. The van der Waals surface area contributed by atoms with Crippen LogP contribution in [0.5, 0.6) is 0 Å². The van der Waals surface area contributed by atoms with E-state index >= 15 is 0 Å². The summed E-state index contributed by atoms with van der Waals surface area (Å²) in [5, 5.41) is 8.08. The monoisotopic (exact) mass is 499 g/mol. The van der Waals surface area contributed by atoms with Gasteiger partial charge in [-0.05, 0) is 29.6 Å². The number of amides is 2. The SMILES string of the molecule is COCCN(CC(=O)N1N=C(c2cccs2)C[C@H]1c1ccccc1F)C(=O)c1ccccc1Cl. The molecule has 6 nitrogen and oxygen atoms in total. The first-order valence-corrected chi connectivity index (χ1v) is 12.0. The van der Waals surface area contributed by atoms with Crippen molar-refractivity contribution >= 4 is 40.5 Å². The molecule has 2 aromatic carbocycles. The molecule has 1 aromatic heterocycles. The number of ether oxygens (including phenoxy) is 1. The Kier molecular flexibility index (Phi) is 7.72. The first kappa shape index (κ1) is 24.1. The van der Waals surface area contributed by atoms with Gasteiger partial charge in [0.1, 0.15) is 12.4 Å². The van der Waals surface area contributed by atoms with Crippen LogP contribution in [0, 0.1) is 5.82 Å². The maximum Gasteiger partial charge on any atom is 0.262 e. The Morgan fingerprint density at radius 2 is 1.94 bits per heavy atom. The summed E-state index contributed by atoms with van der Waals surface area (Å²) in [7, 11) is 1.52. The van der Waals surface area contributed by atoms with Gasteiger partial charge >= 0.3 is 0 Å². The van der Waals surface area contributed by atoms with E-state index in [1.54, 1.807) is 42.5 Å². The van der Waals surface area contributed by atoms with E-state index in [1.807, 2.05) is 17.5 Å². The van der Waals surface area contributed by atoms with Crippen LogP contribution in [0.4, 0.5) is 4.39 Å². The minimum atomic E-state index is -0.606. The lowest BCUT2D eigenvalue weighted by Gasteiger charge is -2.27. The summed E-state index contributed by atoms with van der Waals surface area (Å²) in [4.78, 5) is 29.0. The molecule has 4 rings (SSSR count). The molecule has 3 aromatic rings. The van der Waals surface area contributed by atoms with Crippen molar-refractivity contribution in [1.82, 2.24) is 9.91 Å². The topological polar surface area (TPSA) is 62.2 Å². The summed E-state index contributed by atoms with van der Waals surface area (Å²) in [6.45, 7) is 0.176. The molecule has 0 bridgehead atoms. The van der Waals surface area contributed by atoms with Gasteiger partial charge in [0.25, 0.3) is 11.8 Å². The van der Waals surface area contributed by atoms with Gasteiger partial charge in [-0.1, -0.05) is 48.0 Å². The molecule has 0 spiro atoms. The van der Waals surface area contributed by atoms with Crippen molar-refractivity contribution in [3.8, 4) is 0 Å². The molecule has 2 heterocycles. The third kappa shape index (κ3) is 5.19. The molecule has 0 saturated carbocycles. The summed E-state index contributed by atoms with van der Waals surface area (Å²) in [6, 6.07) is 16.3. The highest BCUT2D eigenvalue weighted by molar-refractivity contribution is 7.12. The molecule has 0 saturated heterocycles. The number of hydrogen-bond donors (Lipinski definition) is 0. The Labute approximate surface area is 206 Å². The van der Waals surface area contributed by atoms with Crippen LogP contribution in [0.25, 0.3) is 0 Å². The van der Waals surface area contributed by atoms with Crippen LogP contribution in [0.3, 0.4) is 0 Å². The molecular weight excluding hydrogens is 477 g/mol. The smallest absolute Gasteiger partial charge is 0.262 e. The number of benzene rings is 2. The number of hydrogen-bond acceptors (Lipinski definition) is 5. The predicted molar refractivity (Wildman–Crippen MR) is 131 cm³/mol. The van der Waals surface area contributed by atoms with E-state index in [9.17, 15) is 14.0 Å². The molecule has 34 heavy (non-hydrogen) atoms. The van der Waals surface area contributed by atoms with Crippen molar-refractivity contribution in [3.63, 3.8) is 0 Å². The van der Waals surface area contributed by atoms with E-state index < -0.39 is 17.8 Å². The highest BCUT2D eigenvalue weighted by Crippen LogP contribution is 2.35. The van der Waals surface area contributed by atoms with E-state index in [0.29, 0.717) is 28.3 Å². The fourth-order valence-electron chi connectivity index (χ4n) is 3.81. The molecular formula is C25H23ClFN3O3S. The molecule has 0 aliphatic carbocycles. The van der Waals surface area contributed by atoms with Crippen molar-refractivity contribution < 1.29 is 18.7 Å². The minimum absolute atomic E-state index is 0.187. The maximum absolute atomic E-state index is 14.7. The summed E-state index contributed by atoms with van der Waals surface area (Å²) >= 11 is 7.73. The number of nitrogens with zero attached hydrogens (tertiary/aromatic N) is 3. The minimum Gasteiger partial charge on any atom is -0.383 e. The third-order valence-electron chi connectivity index (χ3n) is 5.52. The van der Waals surface area contributed by atoms with E-state index in [4.69, 9.17) is 16.3 Å². The zero-order valence-corrected chi connectivity index (χ0v) is 20.1. The summed E-state index contributed by atoms with van der Waals surface area (Å²) in [5.41, 5.74) is 1.38. The number of rotatable bonds is 8. The molecule has 2 amide bonds. The molecule has 176 valence electrons. The second-order valence-electron chi connectivity index (χ2n) is 7.70. The zero-order chi connectivity index (χ0) is 24.1. The summed E-state index contributed by atoms with van der Waals surface area (Å²) < 4.78 is 19.8. The fraction of sp³-hybridized carbons (Fsp3) is 0.240. The Bertz CT molecular complexity index is 1200. The van der Waals surface area contributed by atoms with Gasteiger partial charge in [-0.15, -0.1) is 11.3 Å². The van der Waals surface area contributed by atoms with Gasteiger partial charge in [0.15, 0.2) is 0 Å². The van der Waals surface area contributed by atoms with Gasteiger partial charge in [0.05, 0.1) is 33.8 Å². The van der Waals surface area contributed by atoms with Crippen LogP contribution in [0.15, 0.2) is 71.1 Å². The molecule has 0 fully saturated rings. The van der Waals surface area contributed by atoms with Crippen molar-refractivity contribution in [1.29, 1.82) is 0 Å². The first-order valence-electron chi connectivity index (χ1n) is 10.7. The van der Waals surface area contributed by atoms with Crippen molar-refractivity contribution in [3.05, 3.63) is 92.9 Å². The van der Waals surface area contributed by atoms with E-state index in [1.165, 1.54) is 34.4 Å². The quantitative estimate of drug-likeness (QED) is 0.438. The number of carbonyl (C=O) groups is 2. The van der Waals surface area contributed by atoms with Gasteiger partial charge in [-0.2, -0.15) is 5.10 Å². The van der Waals surface area contributed by atoms with E-state index in [2.05, 4.69) is 5.10 Å².